The van der Waals surface area contributed by atoms with Crippen molar-refractivity contribution in [3.63, 3.8) is 0 Å². The Morgan fingerprint density at radius 1 is 1.10 bits per heavy atom. The van der Waals surface area contributed by atoms with Gasteiger partial charge in [-0.1, -0.05) is 55.8 Å². The van der Waals surface area contributed by atoms with E-state index in [9.17, 15) is 0 Å². The first-order valence-electron chi connectivity index (χ1n) is 7.25. The number of aryl methyl sites for hydroxylation is 1. The van der Waals surface area contributed by atoms with Gasteiger partial charge in [0.15, 0.2) is 0 Å². The van der Waals surface area contributed by atoms with E-state index in [1.165, 1.54) is 0 Å². The van der Waals surface area contributed by atoms with Gasteiger partial charge in [-0.15, -0.1) is 0 Å². The Hall–Kier alpha value is -1.51. The molecule has 3 heteroatoms. The third kappa shape index (κ3) is 4.76. The van der Waals surface area contributed by atoms with E-state index >= 15 is 0 Å². The third-order valence-electron chi connectivity index (χ3n) is 3.27. The summed E-state index contributed by atoms with van der Waals surface area (Å²) in [7, 11) is 0. The number of nitrogens with one attached hydrogen (secondary N) is 1. The van der Waals surface area contributed by atoms with Crippen LogP contribution in [0.25, 0.3) is 0 Å². The molecule has 0 aliphatic heterocycles. The molecule has 0 aliphatic rings. The molecule has 0 aliphatic carbocycles. The number of para-hydroxylation sites is 1. The summed E-state index contributed by atoms with van der Waals surface area (Å²) in [5.41, 5.74) is 3.33. The SMILES string of the molecule is Cc1ccc(COc2ccccc2CNC(C)C)c(Cl)c1. The zero-order chi connectivity index (χ0) is 15.2. The summed E-state index contributed by atoms with van der Waals surface area (Å²) < 4.78 is 5.95. The molecule has 0 amide bonds. The summed E-state index contributed by atoms with van der Waals surface area (Å²) in [5, 5.41) is 4.17. The predicted molar refractivity (Wildman–Crippen MR) is 88.9 cm³/mol. The standard InChI is InChI=1S/C18H22ClNO/c1-13(2)20-11-15-6-4-5-7-18(15)21-12-16-9-8-14(3)10-17(16)19/h4-10,13,20H,11-12H2,1-3H3. The van der Waals surface area contributed by atoms with Gasteiger partial charge in [-0.3, -0.25) is 0 Å². The van der Waals surface area contributed by atoms with Crippen LogP contribution in [0.4, 0.5) is 0 Å². The Balaban J connectivity index is 2.05. The monoisotopic (exact) mass is 303 g/mol. The number of hydrogen-bond acceptors (Lipinski definition) is 2. The molecule has 0 saturated carbocycles. The van der Waals surface area contributed by atoms with Crippen LogP contribution >= 0.6 is 11.6 Å². The first-order chi connectivity index (χ1) is 10.1. The van der Waals surface area contributed by atoms with Gasteiger partial charge in [0.1, 0.15) is 12.4 Å². The van der Waals surface area contributed by atoms with E-state index in [0.717, 1.165) is 34.0 Å². The summed E-state index contributed by atoms with van der Waals surface area (Å²) in [4.78, 5) is 0. The topological polar surface area (TPSA) is 21.3 Å². The number of benzene rings is 2. The molecule has 0 bridgehead atoms. The quantitative estimate of drug-likeness (QED) is 0.833. The zero-order valence-corrected chi connectivity index (χ0v) is 13.6. The fourth-order valence-corrected chi connectivity index (χ4v) is 2.32. The molecule has 0 fully saturated rings. The third-order valence-corrected chi connectivity index (χ3v) is 3.62. The molecular weight excluding hydrogens is 282 g/mol. The molecule has 2 aromatic rings. The van der Waals surface area contributed by atoms with E-state index in [1.807, 2.05) is 37.3 Å². The molecule has 0 radical (unpaired) electrons. The molecule has 112 valence electrons. The van der Waals surface area contributed by atoms with Crippen LogP contribution in [0.2, 0.25) is 5.02 Å². The van der Waals surface area contributed by atoms with Crippen molar-refractivity contribution in [1.82, 2.24) is 5.32 Å². The lowest BCUT2D eigenvalue weighted by atomic mass is 10.1. The molecule has 0 saturated heterocycles. The number of rotatable bonds is 6. The molecule has 0 spiro atoms. The lowest BCUT2D eigenvalue weighted by molar-refractivity contribution is 0.302. The Labute approximate surface area is 132 Å². The number of halogens is 1. The van der Waals surface area contributed by atoms with Crippen LogP contribution in [0.15, 0.2) is 42.5 Å². The van der Waals surface area contributed by atoms with Gasteiger partial charge in [0.25, 0.3) is 0 Å². The number of hydrogen-bond donors (Lipinski definition) is 1. The molecule has 1 N–H and O–H groups in total. The van der Waals surface area contributed by atoms with Gasteiger partial charge in [0.05, 0.1) is 0 Å². The highest BCUT2D eigenvalue weighted by atomic mass is 35.5. The van der Waals surface area contributed by atoms with Gasteiger partial charge in [0.2, 0.25) is 0 Å². The van der Waals surface area contributed by atoms with E-state index in [0.29, 0.717) is 12.6 Å². The van der Waals surface area contributed by atoms with Crippen LogP contribution < -0.4 is 10.1 Å². The van der Waals surface area contributed by atoms with Crippen LogP contribution in [0.3, 0.4) is 0 Å². The largest absolute Gasteiger partial charge is 0.489 e. The summed E-state index contributed by atoms with van der Waals surface area (Å²) in [5.74, 6) is 0.905. The summed E-state index contributed by atoms with van der Waals surface area (Å²) >= 11 is 6.25. The molecule has 0 aromatic heterocycles. The Morgan fingerprint density at radius 3 is 2.57 bits per heavy atom. The summed E-state index contributed by atoms with van der Waals surface area (Å²) in [6.45, 7) is 7.59. The van der Waals surface area contributed by atoms with Crippen molar-refractivity contribution in [2.45, 2.75) is 40.0 Å². The highest BCUT2D eigenvalue weighted by Crippen LogP contribution is 2.22. The molecule has 2 rings (SSSR count). The molecule has 2 aromatic carbocycles. The Kier molecular flexibility index (Phi) is 5.66. The molecule has 0 unspecified atom stereocenters. The van der Waals surface area contributed by atoms with Crippen molar-refractivity contribution in [2.75, 3.05) is 0 Å². The van der Waals surface area contributed by atoms with Gasteiger partial charge in [-0.25, -0.2) is 0 Å². The molecule has 0 heterocycles. The Morgan fingerprint density at radius 2 is 1.86 bits per heavy atom. The second-order valence-corrected chi connectivity index (χ2v) is 5.93. The van der Waals surface area contributed by atoms with Crippen molar-refractivity contribution in [3.05, 3.63) is 64.2 Å². The fraction of sp³-hybridized carbons (Fsp3) is 0.333. The first kappa shape index (κ1) is 15.9. The maximum Gasteiger partial charge on any atom is 0.124 e. The van der Waals surface area contributed by atoms with Crippen molar-refractivity contribution in [3.8, 4) is 5.75 Å². The van der Waals surface area contributed by atoms with Gasteiger partial charge in [0, 0.05) is 28.7 Å². The van der Waals surface area contributed by atoms with Crippen LogP contribution in [-0.2, 0) is 13.2 Å². The van der Waals surface area contributed by atoms with E-state index in [-0.39, 0.29) is 0 Å². The second-order valence-electron chi connectivity index (χ2n) is 5.53. The second kappa shape index (κ2) is 7.48. The lowest BCUT2D eigenvalue weighted by Gasteiger charge is -2.14. The van der Waals surface area contributed by atoms with Crippen LogP contribution in [0.5, 0.6) is 5.75 Å². The normalized spacial score (nSPS) is 10.9. The van der Waals surface area contributed by atoms with Gasteiger partial charge in [-0.2, -0.15) is 0 Å². The minimum absolute atomic E-state index is 0.449. The van der Waals surface area contributed by atoms with E-state index in [2.05, 4.69) is 31.3 Å². The highest BCUT2D eigenvalue weighted by molar-refractivity contribution is 6.31. The van der Waals surface area contributed by atoms with Crippen LogP contribution in [-0.4, -0.2) is 6.04 Å². The summed E-state index contributed by atoms with van der Waals surface area (Å²) in [6.07, 6.45) is 0. The Bertz CT molecular complexity index is 596. The maximum atomic E-state index is 6.25. The van der Waals surface area contributed by atoms with Gasteiger partial charge >= 0.3 is 0 Å². The average Bonchev–Trinajstić information content (AvgIpc) is 2.45. The van der Waals surface area contributed by atoms with Crippen LogP contribution in [0.1, 0.15) is 30.5 Å². The van der Waals surface area contributed by atoms with Crippen molar-refractivity contribution in [2.24, 2.45) is 0 Å². The van der Waals surface area contributed by atoms with Gasteiger partial charge in [-0.05, 0) is 24.6 Å². The molecule has 2 nitrogen and oxygen atoms in total. The van der Waals surface area contributed by atoms with E-state index in [4.69, 9.17) is 16.3 Å². The number of ether oxygens (including phenoxy) is 1. The fourth-order valence-electron chi connectivity index (χ4n) is 2.03. The average molecular weight is 304 g/mol. The zero-order valence-electron chi connectivity index (χ0n) is 12.8. The minimum atomic E-state index is 0.449. The van der Waals surface area contributed by atoms with E-state index < -0.39 is 0 Å². The smallest absolute Gasteiger partial charge is 0.124 e. The minimum Gasteiger partial charge on any atom is -0.489 e. The highest BCUT2D eigenvalue weighted by Gasteiger charge is 2.06. The van der Waals surface area contributed by atoms with Crippen molar-refractivity contribution >= 4 is 11.6 Å². The maximum absolute atomic E-state index is 6.25. The van der Waals surface area contributed by atoms with Crippen LogP contribution in [0, 0.1) is 6.92 Å². The van der Waals surface area contributed by atoms with E-state index in [1.54, 1.807) is 0 Å². The van der Waals surface area contributed by atoms with Crippen molar-refractivity contribution < 1.29 is 4.74 Å². The molecular formula is C18H22ClNO. The summed E-state index contributed by atoms with van der Waals surface area (Å²) in [6, 6.07) is 14.6. The van der Waals surface area contributed by atoms with Crippen molar-refractivity contribution in [1.29, 1.82) is 0 Å². The predicted octanol–water partition coefficient (Wildman–Crippen LogP) is 4.73. The molecule has 0 atom stereocenters. The lowest BCUT2D eigenvalue weighted by Crippen LogP contribution is -2.22. The van der Waals surface area contributed by atoms with Gasteiger partial charge < -0.3 is 10.1 Å². The first-order valence-corrected chi connectivity index (χ1v) is 7.63. The molecule has 21 heavy (non-hydrogen) atoms.